The van der Waals surface area contributed by atoms with Gasteiger partial charge in [-0.3, -0.25) is 4.72 Å². The van der Waals surface area contributed by atoms with Crippen molar-refractivity contribution in [1.29, 1.82) is 0 Å². The third-order valence-corrected chi connectivity index (χ3v) is 5.47. The summed E-state index contributed by atoms with van der Waals surface area (Å²) in [4.78, 5) is -0.124. The Kier molecular flexibility index (Phi) is 3.76. The fourth-order valence-corrected chi connectivity index (χ4v) is 4.01. The van der Waals surface area contributed by atoms with Crippen LogP contribution in [0.5, 0.6) is 0 Å². The maximum Gasteiger partial charge on any atom is 0.261 e. The minimum absolute atomic E-state index is 0.124. The monoisotopic (exact) mass is 358 g/mol. The maximum absolute atomic E-state index is 13.3. The number of anilines is 1. The summed E-state index contributed by atoms with van der Waals surface area (Å²) in [6.45, 7) is 0.858. The van der Waals surface area contributed by atoms with E-state index in [0.717, 1.165) is 42.7 Å². The van der Waals surface area contributed by atoms with Crippen LogP contribution in [-0.4, -0.2) is 23.2 Å². The quantitative estimate of drug-likeness (QED) is 0.778. The van der Waals surface area contributed by atoms with Gasteiger partial charge in [0.2, 0.25) is 0 Å². The molecule has 0 radical (unpaired) electrons. The summed E-state index contributed by atoms with van der Waals surface area (Å²) in [7, 11) is -3.87. The van der Waals surface area contributed by atoms with E-state index >= 15 is 0 Å². The van der Waals surface area contributed by atoms with E-state index in [0.29, 0.717) is 5.69 Å². The zero-order chi connectivity index (χ0) is 17.4. The zero-order valence-electron chi connectivity index (χ0n) is 13.2. The highest BCUT2D eigenvalue weighted by molar-refractivity contribution is 7.92. The molecule has 0 saturated carbocycles. The fraction of sp³-hybridized carbons (Fsp3) is 0.176. The summed E-state index contributed by atoms with van der Waals surface area (Å²) in [6, 6.07) is 11.8. The molecule has 2 aromatic carbocycles. The molecule has 0 aliphatic carbocycles. The Balaban J connectivity index is 1.66. The van der Waals surface area contributed by atoms with Crippen molar-refractivity contribution in [3.8, 4) is 11.4 Å². The molecule has 25 heavy (non-hydrogen) atoms. The highest BCUT2D eigenvalue weighted by Crippen LogP contribution is 2.26. The number of halogens is 1. The Bertz CT molecular complexity index is 1050. The van der Waals surface area contributed by atoms with Gasteiger partial charge in [0, 0.05) is 24.2 Å². The number of aryl methyl sites for hydroxylation is 1. The predicted molar refractivity (Wildman–Crippen MR) is 91.0 cm³/mol. The van der Waals surface area contributed by atoms with Gasteiger partial charge in [0.1, 0.15) is 11.6 Å². The van der Waals surface area contributed by atoms with Gasteiger partial charge in [-0.2, -0.15) is 0 Å². The van der Waals surface area contributed by atoms with E-state index in [1.54, 1.807) is 18.2 Å². The molecule has 1 aromatic heterocycles. The Morgan fingerprint density at radius 2 is 1.92 bits per heavy atom. The van der Waals surface area contributed by atoms with Gasteiger partial charge >= 0.3 is 0 Å². The highest BCUT2D eigenvalue weighted by atomic mass is 32.2. The molecule has 6 nitrogen and oxygen atoms in total. The Hall–Kier alpha value is -2.74. The van der Waals surface area contributed by atoms with E-state index in [-0.39, 0.29) is 4.90 Å². The second kappa shape index (κ2) is 5.96. The second-order valence-corrected chi connectivity index (χ2v) is 7.52. The summed E-state index contributed by atoms with van der Waals surface area (Å²) in [5.74, 6) is 1.07. The van der Waals surface area contributed by atoms with Crippen molar-refractivity contribution in [1.82, 2.24) is 14.8 Å². The summed E-state index contributed by atoms with van der Waals surface area (Å²) in [5, 5.41) is 8.37. The summed E-state index contributed by atoms with van der Waals surface area (Å²) >= 11 is 0. The minimum atomic E-state index is -3.87. The number of aromatic nitrogens is 3. The van der Waals surface area contributed by atoms with Gasteiger partial charge < -0.3 is 4.57 Å². The van der Waals surface area contributed by atoms with Gasteiger partial charge in [0.25, 0.3) is 10.0 Å². The van der Waals surface area contributed by atoms with Crippen molar-refractivity contribution in [3.63, 3.8) is 0 Å². The van der Waals surface area contributed by atoms with Gasteiger partial charge in [-0.1, -0.05) is 18.2 Å². The lowest BCUT2D eigenvalue weighted by Gasteiger charge is -2.10. The Labute approximate surface area is 144 Å². The first kappa shape index (κ1) is 15.8. The molecule has 8 heteroatoms. The van der Waals surface area contributed by atoms with Crippen molar-refractivity contribution >= 4 is 15.7 Å². The van der Waals surface area contributed by atoms with Crippen LogP contribution in [-0.2, 0) is 23.0 Å². The molecule has 0 fully saturated rings. The predicted octanol–water partition coefficient (Wildman–Crippen LogP) is 2.83. The smallest absolute Gasteiger partial charge is 0.261 e. The summed E-state index contributed by atoms with van der Waals surface area (Å²) in [6.07, 6.45) is 1.93. The molecule has 0 saturated heterocycles. The fourth-order valence-electron chi connectivity index (χ4n) is 2.93. The molecule has 128 valence electrons. The molecule has 0 unspecified atom stereocenters. The molecule has 0 bridgehead atoms. The van der Waals surface area contributed by atoms with Gasteiger partial charge in [0.15, 0.2) is 5.82 Å². The van der Waals surface area contributed by atoms with Crippen LogP contribution < -0.4 is 4.72 Å². The van der Waals surface area contributed by atoms with Crippen molar-refractivity contribution in [2.24, 2.45) is 0 Å². The van der Waals surface area contributed by atoms with Crippen LogP contribution in [0.3, 0.4) is 0 Å². The van der Waals surface area contributed by atoms with Crippen molar-refractivity contribution in [2.75, 3.05) is 4.72 Å². The third kappa shape index (κ3) is 3.00. The van der Waals surface area contributed by atoms with Gasteiger partial charge in [-0.05, 0) is 36.8 Å². The summed E-state index contributed by atoms with van der Waals surface area (Å²) in [5.41, 5.74) is 1.16. The van der Waals surface area contributed by atoms with E-state index in [1.807, 2.05) is 10.6 Å². The number of sulfonamides is 1. The van der Waals surface area contributed by atoms with Crippen LogP contribution in [0.25, 0.3) is 11.4 Å². The van der Waals surface area contributed by atoms with Crippen LogP contribution in [0.1, 0.15) is 12.2 Å². The molecule has 1 aliphatic heterocycles. The van der Waals surface area contributed by atoms with Crippen molar-refractivity contribution in [2.45, 2.75) is 24.3 Å². The van der Waals surface area contributed by atoms with Gasteiger partial charge in [-0.25, -0.2) is 12.8 Å². The zero-order valence-corrected chi connectivity index (χ0v) is 14.0. The lowest BCUT2D eigenvalue weighted by molar-refractivity contribution is 0.595. The van der Waals surface area contributed by atoms with E-state index in [2.05, 4.69) is 14.9 Å². The Morgan fingerprint density at radius 3 is 2.76 bits per heavy atom. The van der Waals surface area contributed by atoms with E-state index in [9.17, 15) is 12.8 Å². The lowest BCUT2D eigenvalue weighted by Crippen LogP contribution is -2.13. The van der Waals surface area contributed by atoms with Crippen molar-refractivity contribution in [3.05, 3.63) is 60.2 Å². The van der Waals surface area contributed by atoms with Crippen LogP contribution >= 0.6 is 0 Å². The molecule has 2 heterocycles. The molecular weight excluding hydrogens is 343 g/mol. The van der Waals surface area contributed by atoms with E-state index in [1.165, 1.54) is 18.2 Å². The number of fused-ring (bicyclic) bond motifs is 1. The molecular formula is C17H15FN4O2S. The largest absolute Gasteiger partial charge is 0.311 e. The number of nitrogens with one attached hydrogen (secondary N) is 1. The normalized spacial score (nSPS) is 13.6. The van der Waals surface area contributed by atoms with E-state index in [4.69, 9.17) is 0 Å². The summed E-state index contributed by atoms with van der Waals surface area (Å²) < 4.78 is 42.7. The van der Waals surface area contributed by atoms with Crippen LogP contribution in [0.2, 0.25) is 0 Å². The lowest BCUT2D eigenvalue weighted by atomic mass is 10.2. The number of benzene rings is 2. The second-order valence-electron chi connectivity index (χ2n) is 5.84. The third-order valence-electron chi connectivity index (χ3n) is 4.09. The molecule has 0 atom stereocenters. The molecule has 0 spiro atoms. The molecule has 0 amide bonds. The molecule has 1 N–H and O–H groups in total. The minimum Gasteiger partial charge on any atom is -0.311 e. The first-order chi connectivity index (χ1) is 12.0. The van der Waals surface area contributed by atoms with Crippen LogP contribution in [0, 0.1) is 5.82 Å². The molecule has 4 rings (SSSR count). The highest BCUT2D eigenvalue weighted by Gasteiger charge is 2.19. The first-order valence-corrected chi connectivity index (χ1v) is 9.32. The number of nitrogens with zero attached hydrogens (tertiary/aromatic N) is 3. The van der Waals surface area contributed by atoms with Crippen molar-refractivity contribution < 1.29 is 12.8 Å². The van der Waals surface area contributed by atoms with Crippen LogP contribution in [0.4, 0.5) is 10.1 Å². The maximum atomic E-state index is 13.3. The molecule has 1 aliphatic rings. The molecule has 3 aromatic rings. The number of hydrogen-bond donors (Lipinski definition) is 1. The van der Waals surface area contributed by atoms with Gasteiger partial charge in [0.05, 0.1) is 4.90 Å². The average molecular weight is 358 g/mol. The van der Waals surface area contributed by atoms with Gasteiger partial charge in [-0.15, -0.1) is 10.2 Å². The van der Waals surface area contributed by atoms with Crippen LogP contribution in [0.15, 0.2) is 53.4 Å². The number of rotatable bonds is 4. The first-order valence-electron chi connectivity index (χ1n) is 7.84. The topological polar surface area (TPSA) is 76.9 Å². The number of hydrogen-bond acceptors (Lipinski definition) is 4. The SMILES string of the molecule is O=S(=O)(Nc1cccc(-c2nnc3n2CCC3)c1)c1cccc(F)c1. The Morgan fingerprint density at radius 1 is 1.08 bits per heavy atom. The standard InChI is InChI=1S/C17H15FN4O2S/c18-13-5-2-7-15(11-13)25(23,24)21-14-6-1-4-12(10-14)17-20-19-16-8-3-9-22(16)17/h1-2,4-7,10-11,21H,3,8-9H2. The average Bonchev–Trinajstić information content (AvgIpc) is 3.18. The van der Waals surface area contributed by atoms with E-state index < -0.39 is 15.8 Å².